The summed E-state index contributed by atoms with van der Waals surface area (Å²) in [5.41, 5.74) is 0.204. The summed E-state index contributed by atoms with van der Waals surface area (Å²) < 4.78 is 26.0. The molecule has 5 heteroatoms. The fourth-order valence-corrected chi connectivity index (χ4v) is 3.15. The molecule has 1 heterocycles. The van der Waals surface area contributed by atoms with Crippen LogP contribution in [-0.4, -0.2) is 33.0 Å². The Morgan fingerprint density at radius 2 is 2.11 bits per heavy atom. The monoisotopic (exact) mass is 331 g/mol. The van der Waals surface area contributed by atoms with E-state index in [1.165, 1.54) is 0 Å². The van der Waals surface area contributed by atoms with Crippen molar-refractivity contribution in [3.63, 3.8) is 0 Å². The lowest BCUT2D eigenvalue weighted by molar-refractivity contribution is -0.111. The number of hydrogen-bond acceptors (Lipinski definition) is 3. The van der Waals surface area contributed by atoms with Crippen LogP contribution < -0.4 is 5.32 Å². The van der Waals surface area contributed by atoms with Gasteiger partial charge >= 0.3 is 0 Å². The lowest BCUT2D eigenvalue weighted by atomic mass is 9.82. The Hall–Kier alpha value is -0.490. The van der Waals surface area contributed by atoms with Crippen LogP contribution in [0.15, 0.2) is 22.7 Å². The normalized spacial score (nSPS) is 20.2. The molecule has 0 amide bonds. The van der Waals surface area contributed by atoms with Gasteiger partial charge in [0.25, 0.3) is 0 Å². The Bertz CT molecular complexity index is 435. The van der Waals surface area contributed by atoms with E-state index in [1.54, 1.807) is 19.2 Å². The molecule has 2 rings (SSSR count). The van der Waals surface area contributed by atoms with Gasteiger partial charge in [-0.2, -0.15) is 0 Å². The summed E-state index contributed by atoms with van der Waals surface area (Å²) in [4.78, 5) is 0. The van der Waals surface area contributed by atoms with Crippen molar-refractivity contribution in [2.24, 2.45) is 0 Å². The van der Waals surface area contributed by atoms with Gasteiger partial charge in [0.2, 0.25) is 0 Å². The molecular formula is C14H19BrFNO2. The van der Waals surface area contributed by atoms with E-state index >= 15 is 0 Å². The SMILES string of the molecule is CNC(c1cccc(Br)c1F)C1(OC)CCOCC1. The van der Waals surface area contributed by atoms with Gasteiger partial charge in [0.05, 0.1) is 16.1 Å². The lowest BCUT2D eigenvalue weighted by Gasteiger charge is -2.42. The summed E-state index contributed by atoms with van der Waals surface area (Å²) in [6.07, 6.45) is 1.50. The fraction of sp³-hybridized carbons (Fsp3) is 0.571. The number of ether oxygens (including phenoxy) is 2. The molecule has 1 aliphatic heterocycles. The minimum atomic E-state index is -0.422. The standard InChI is InChI=1S/C14H19BrFNO2/c1-17-13(10-4-3-5-11(15)12(10)16)14(18-2)6-8-19-9-7-14/h3-5,13,17H,6-9H2,1-2H3. The number of nitrogens with one attached hydrogen (secondary N) is 1. The number of rotatable bonds is 4. The lowest BCUT2D eigenvalue weighted by Crippen LogP contribution is -2.48. The summed E-state index contributed by atoms with van der Waals surface area (Å²) in [7, 11) is 3.52. The van der Waals surface area contributed by atoms with Gasteiger partial charge in [-0.05, 0) is 29.0 Å². The van der Waals surface area contributed by atoms with Crippen molar-refractivity contribution in [2.75, 3.05) is 27.4 Å². The van der Waals surface area contributed by atoms with Crippen LogP contribution in [0.1, 0.15) is 24.4 Å². The van der Waals surface area contributed by atoms with E-state index in [0.29, 0.717) is 23.2 Å². The van der Waals surface area contributed by atoms with Crippen molar-refractivity contribution < 1.29 is 13.9 Å². The molecule has 1 aliphatic rings. The molecule has 0 saturated carbocycles. The fourth-order valence-electron chi connectivity index (χ4n) is 2.77. The Kier molecular flexibility index (Phi) is 4.95. The van der Waals surface area contributed by atoms with Gasteiger partial charge < -0.3 is 14.8 Å². The quantitative estimate of drug-likeness (QED) is 0.919. The summed E-state index contributed by atoms with van der Waals surface area (Å²) >= 11 is 3.24. The molecule has 1 aromatic carbocycles. The van der Waals surface area contributed by atoms with Crippen LogP contribution in [0.25, 0.3) is 0 Å². The number of hydrogen-bond donors (Lipinski definition) is 1. The van der Waals surface area contributed by atoms with Crippen LogP contribution in [-0.2, 0) is 9.47 Å². The Morgan fingerprint density at radius 3 is 2.68 bits per heavy atom. The van der Waals surface area contributed by atoms with E-state index in [-0.39, 0.29) is 11.9 Å². The molecule has 0 spiro atoms. The van der Waals surface area contributed by atoms with E-state index in [1.807, 2.05) is 13.1 Å². The zero-order chi connectivity index (χ0) is 13.9. The van der Waals surface area contributed by atoms with Gasteiger partial charge in [-0.3, -0.25) is 0 Å². The van der Waals surface area contributed by atoms with Crippen LogP contribution >= 0.6 is 15.9 Å². The molecule has 1 fully saturated rings. The third kappa shape index (κ3) is 2.84. The van der Waals surface area contributed by atoms with Crippen LogP contribution in [0.2, 0.25) is 0 Å². The average molecular weight is 332 g/mol. The van der Waals surface area contributed by atoms with Gasteiger partial charge in [-0.15, -0.1) is 0 Å². The maximum absolute atomic E-state index is 14.3. The number of halogens is 2. The van der Waals surface area contributed by atoms with Crippen LogP contribution in [0.5, 0.6) is 0 Å². The third-order valence-corrected chi connectivity index (χ3v) is 4.47. The highest BCUT2D eigenvalue weighted by Crippen LogP contribution is 2.39. The topological polar surface area (TPSA) is 30.5 Å². The molecule has 106 valence electrons. The van der Waals surface area contributed by atoms with E-state index in [2.05, 4.69) is 21.2 Å². The second-order valence-electron chi connectivity index (χ2n) is 4.75. The van der Waals surface area contributed by atoms with Crippen molar-refractivity contribution in [1.82, 2.24) is 5.32 Å². The molecule has 3 nitrogen and oxygen atoms in total. The van der Waals surface area contributed by atoms with Crippen molar-refractivity contribution in [1.29, 1.82) is 0 Å². The zero-order valence-corrected chi connectivity index (χ0v) is 12.8. The van der Waals surface area contributed by atoms with E-state index in [4.69, 9.17) is 9.47 Å². The Balaban J connectivity index is 2.40. The van der Waals surface area contributed by atoms with Crippen LogP contribution in [0, 0.1) is 5.82 Å². The second-order valence-corrected chi connectivity index (χ2v) is 5.60. The molecule has 19 heavy (non-hydrogen) atoms. The largest absolute Gasteiger partial charge is 0.381 e. The first-order valence-electron chi connectivity index (χ1n) is 6.38. The second kappa shape index (κ2) is 6.31. The minimum absolute atomic E-state index is 0.195. The van der Waals surface area contributed by atoms with Gasteiger partial charge in [0.1, 0.15) is 5.82 Å². The highest BCUT2D eigenvalue weighted by atomic mass is 79.9. The average Bonchev–Trinajstić information content (AvgIpc) is 2.45. The van der Waals surface area contributed by atoms with Gasteiger partial charge in [0, 0.05) is 38.7 Å². The van der Waals surface area contributed by atoms with Gasteiger partial charge in [-0.25, -0.2) is 4.39 Å². The van der Waals surface area contributed by atoms with Crippen molar-refractivity contribution in [3.05, 3.63) is 34.1 Å². The Labute approximate surface area is 121 Å². The third-order valence-electron chi connectivity index (χ3n) is 3.85. The van der Waals surface area contributed by atoms with Crippen LogP contribution in [0.3, 0.4) is 0 Å². The zero-order valence-electron chi connectivity index (χ0n) is 11.2. The molecule has 0 bridgehead atoms. The smallest absolute Gasteiger partial charge is 0.142 e. The van der Waals surface area contributed by atoms with E-state index < -0.39 is 5.60 Å². The molecule has 0 aliphatic carbocycles. The summed E-state index contributed by atoms with van der Waals surface area (Å²) in [6, 6.07) is 5.15. The first kappa shape index (κ1) is 14.9. The summed E-state index contributed by atoms with van der Waals surface area (Å²) in [5.74, 6) is -0.232. The van der Waals surface area contributed by atoms with Crippen molar-refractivity contribution in [3.8, 4) is 0 Å². The summed E-state index contributed by atoms with van der Waals surface area (Å²) in [5, 5.41) is 3.21. The summed E-state index contributed by atoms with van der Waals surface area (Å²) in [6.45, 7) is 1.28. The molecule has 1 aromatic rings. The van der Waals surface area contributed by atoms with Crippen molar-refractivity contribution >= 4 is 15.9 Å². The number of methoxy groups -OCH3 is 1. The van der Waals surface area contributed by atoms with E-state index in [0.717, 1.165) is 12.8 Å². The maximum Gasteiger partial charge on any atom is 0.142 e. The van der Waals surface area contributed by atoms with E-state index in [9.17, 15) is 4.39 Å². The minimum Gasteiger partial charge on any atom is -0.381 e. The highest BCUT2D eigenvalue weighted by Gasteiger charge is 2.42. The molecular weight excluding hydrogens is 313 g/mol. The highest BCUT2D eigenvalue weighted by molar-refractivity contribution is 9.10. The first-order valence-corrected chi connectivity index (χ1v) is 7.18. The molecule has 1 saturated heterocycles. The molecule has 1 unspecified atom stereocenters. The predicted molar refractivity (Wildman–Crippen MR) is 75.7 cm³/mol. The molecule has 0 radical (unpaired) electrons. The molecule has 0 aromatic heterocycles. The Morgan fingerprint density at radius 1 is 1.42 bits per heavy atom. The maximum atomic E-state index is 14.3. The number of benzene rings is 1. The predicted octanol–water partition coefficient (Wildman–Crippen LogP) is 3.04. The number of likely N-dealkylation sites (N-methyl/N-ethyl adjacent to an activating group) is 1. The molecule has 1 N–H and O–H groups in total. The first-order chi connectivity index (χ1) is 9.14. The van der Waals surface area contributed by atoms with Gasteiger partial charge in [-0.1, -0.05) is 12.1 Å². The molecule has 1 atom stereocenters. The van der Waals surface area contributed by atoms with Crippen LogP contribution in [0.4, 0.5) is 4.39 Å². The van der Waals surface area contributed by atoms with Crippen molar-refractivity contribution in [2.45, 2.75) is 24.5 Å². The van der Waals surface area contributed by atoms with Gasteiger partial charge in [0.15, 0.2) is 0 Å².